The summed E-state index contributed by atoms with van der Waals surface area (Å²) in [4.78, 5) is 76.2. The van der Waals surface area contributed by atoms with Crippen molar-refractivity contribution in [2.24, 2.45) is 0 Å². The van der Waals surface area contributed by atoms with Gasteiger partial charge in [0.15, 0.2) is 5.82 Å². The quantitative estimate of drug-likeness (QED) is 0.111. The number of likely N-dealkylation sites (tertiary alicyclic amines) is 1. The number of ether oxygens (including phenoxy) is 4. The Morgan fingerprint density at radius 3 is 2.50 bits per heavy atom. The van der Waals surface area contributed by atoms with Gasteiger partial charge in [0.05, 0.1) is 47.0 Å². The molecule has 0 spiro atoms. The fourth-order valence-corrected chi connectivity index (χ4v) is 13.9. The maximum absolute atomic E-state index is 17.4. The summed E-state index contributed by atoms with van der Waals surface area (Å²) in [6.07, 6.45) is 15.0. The molecule has 5 aromatic rings. The van der Waals surface area contributed by atoms with Crippen LogP contribution < -0.4 is 19.9 Å². The van der Waals surface area contributed by atoms with Crippen molar-refractivity contribution in [1.29, 1.82) is 0 Å². The van der Waals surface area contributed by atoms with Crippen molar-refractivity contribution in [2.75, 3.05) is 75.5 Å². The standard InChI is InChI=1S/C59H63F2N9O8/c1-2-42-45(60)12-8-35-6-3-7-44(49(35)42)52-51(61)53-50-46(62-52)13-10-38-32-75-29-5-23-68(38)54(50)65-57(64-53)77-34-59-21-4-24-70(59)39(16-22-59)33-76-58(74)67-27-19-41(20-28-67)78-40-17-25-66(26-18-40)37-9-11-43-36(30-37)31-69(56(43)73)47-14-15-48(71)63-55(47)72/h1,3,6-9,11-12,30,38-41,47H,4-5,10,13-29,31-34H2,(H,63,71,72)/t38-,39-,47?,59-/m0/s1. The SMILES string of the molecule is C#Cc1c(F)ccc2cccc(-c3nc4c5c(nc(OC[C@@]67CCCN6[C@H](COC(=O)N6CCC(OC8CCN(c9ccc%10c(c9)CN(C9CCC(=O)NC9=O)C%10=O)CC8)CC6)CC7)nc5c3F)N3CCCOC[C@@H]3CC4)c12. The Bertz CT molecular complexity index is 3280. The largest absolute Gasteiger partial charge is 0.461 e. The van der Waals surface area contributed by atoms with E-state index in [4.69, 9.17) is 40.3 Å². The molecule has 0 bridgehead atoms. The molecule has 19 heteroatoms. The first kappa shape index (κ1) is 50.5. The molecule has 8 aliphatic rings. The van der Waals surface area contributed by atoms with Crippen LogP contribution in [0.4, 0.5) is 25.1 Å². The number of benzene rings is 3. The summed E-state index contributed by atoms with van der Waals surface area (Å²) in [5.41, 5.74) is 3.46. The molecule has 4 atom stereocenters. The summed E-state index contributed by atoms with van der Waals surface area (Å²) in [7, 11) is 0. The summed E-state index contributed by atoms with van der Waals surface area (Å²) in [6, 6.07) is 13.6. The number of hydrogen-bond acceptors (Lipinski definition) is 14. The number of amides is 4. The summed E-state index contributed by atoms with van der Waals surface area (Å²) < 4.78 is 58.0. The highest BCUT2D eigenvalue weighted by atomic mass is 19.1. The van der Waals surface area contributed by atoms with Crippen molar-refractivity contribution in [3.05, 3.63) is 82.5 Å². The number of rotatable bonds is 10. The molecule has 1 N–H and O–H groups in total. The Hall–Kier alpha value is -7.01. The lowest BCUT2D eigenvalue weighted by atomic mass is 9.95. The Balaban J connectivity index is 0.627. The predicted octanol–water partition coefficient (Wildman–Crippen LogP) is 7.07. The van der Waals surface area contributed by atoms with Crippen LogP contribution >= 0.6 is 0 Å². The van der Waals surface area contributed by atoms with E-state index in [0.717, 1.165) is 88.7 Å². The van der Waals surface area contributed by atoms with Crippen molar-refractivity contribution in [3.63, 3.8) is 0 Å². The van der Waals surface area contributed by atoms with Crippen molar-refractivity contribution in [1.82, 2.24) is 35.0 Å². The minimum absolute atomic E-state index is 0.0131. The van der Waals surface area contributed by atoms with Gasteiger partial charge in [-0.2, -0.15) is 9.97 Å². The second-order valence-corrected chi connectivity index (χ2v) is 22.4. The topological polar surface area (TPSA) is 172 Å². The predicted molar refractivity (Wildman–Crippen MR) is 285 cm³/mol. The van der Waals surface area contributed by atoms with Gasteiger partial charge in [0.25, 0.3) is 5.91 Å². The maximum Gasteiger partial charge on any atom is 0.409 e. The van der Waals surface area contributed by atoms with Crippen molar-refractivity contribution < 1.29 is 46.9 Å². The van der Waals surface area contributed by atoms with E-state index in [2.05, 4.69) is 32.0 Å². The zero-order chi connectivity index (χ0) is 53.2. The van der Waals surface area contributed by atoms with Gasteiger partial charge in [0.2, 0.25) is 11.8 Å². The highest BCUT2D eigenvalue weighted by Gasteiger charge is 2.50. The number of nitrogens with one attached hydrogen (secondary N) is 1. The number of aromatic nitrogens is 3. The first-order chi connectivity index (χ1) is 38.0. The number of carbonyl (C=O) groups excluding carboxylic acids is 4. The van der Waals surface area contributed by atoms with Gasteiger partial charge in [-0.3, -0.25) is 24.6 Å². The van der Waals surface area contributed by atoms with E-state index in [1.54, 1.807) is 28.0 Å². The van der Waals surface area contributed by atoms with Crippen molar-refractivity contribution in [3.8, 4) is 29.6 Å². The monoisotopic (exact) mass is 1060 g/mol. The first-order valence-electron chi connectivity index (χ1n) is 27.9. The summed E-state index contributed by atoms with van der Waals surface area (Å²) in [5.74, 6) is 0.970. The number of imide groups is 1. The fraction of sp³-hybridized carbons (Fsp3) is 0.508. The van der Waals surface area contributed by atoms with E-state index in [9.17, 15) is 19.2 Å². The van der Waals surface area contributed by atoms with Crippen LogP contribution in [0, 0.1) is 24.0 Å². The lowest BCUT2D eigenvalue weighted by Gasteiger charge is -2.38. The number of halogens is 2. The van der Waals surface area contributed by atoms with Gasteiger partial charge in [-0.15, -0.1) is 6.42 Å². The maximum atomic E-state index is 17.4. The Labute approximate surface area is 450 Å². The van der Waals surface area contributed by atoms with Crippen LogP contribution in [0.2, 0.25) is 0 Å². The number of anilines is 2. The van der Waals surface area contributed by atoms with E-state index in [-0.39, 0.29) is 90.2 Å². The van der Waals surface area contributed by atoms with E-state index in [1.807, 2.05) is 18.2 Å². The number of fused-ring (bicyclic) bond motifs is 5. The van der Waals surface area contributed by atoms with Crippen molar-refractivity contribution in [2.45, 2.75) is 126 Å². The van der Waals surface area contributed by atoms with Gasteiger partial charge in [-0.25, -0.2) is 18.6 Å². The molecular formula is C59H63F2N9O8. The molecule has 6 fully saturated rings. The molecule has 6 saturated heterocycles. The van der Waals surface area contributed by atoms with Crippen LogP contribution in [0.1, 0.15) is 104 Å². The third-order valence-electron chi connectivity index (χ3n) is 17.9. The Morgan fingerprint density at radius 2 is 1.68 bits per heavy atom. The van der Waals surface area contributed by atoms with E-state index in [0.29, 0.717) is 97.5 Å². The van der Waals surface area contributed by atoms with Crippen LogP contribution in [0.25, 0.3) is 32.9 Å². The van der Waals surface area contributed by atoms with E-state index < -0.39 is 23.6 Å². The average Bonchev–Trinajstić information content (AvgIpc) is 4.11. The zero-order valence-electron chi connectivity index (χ0n) is 43.7. The zero-order valence-corrected chi connectivity index (χ0v) is 43.7. The lowest BCUT2D eigenvalue weighted by Crippen LogP contribution is -2.52. The normalized spacial score (nSPS) is 24.9. The minimum atomic E-state index is -0.651. The number of pyridine rings is 1. The van der Waals surface area contributed by atoms with Gasteiger partial charge in [0.1, 0.15) is 42.1 Å². The lowest BCUT2D eigenvalue weighted by molar-refractivity contribution is -0.136. The van der Waals surface area contributed by atoms with Crippen LogP contribution in [0.3, 0.4) is 0 Å². The van der Waals surface area contributed by atoms with E-state index in [1.165, 1.54) is 6.07 Å². The highest BCUT2D eigenvalue weighted by Crippen LogP contribution is 2.45. The van der Waals surface area contributed by atoms with Gasteiger partial charge >= 0.3 is 12.1 Å². The van der Waals surface area contributed by atoms with Crippen LogP contribution in [0.5, 0.6) is 6.01 Å². The fourth-order valence-electron chi connectivity index (χ4n) is 13.9. The molecule has 406 valence electrons. The number of aryl methyl sites for hydroxylation is 1. The molecule has 78 heavy (non-hydrogen) atoms. The molecular weight excluding hydrogens is 1000 g/mol. The first-order valence-corrected chi connectivity index (χ1v) is 27.9. The molecule has 4 amide bonds. The molecule has 13 rings (SSSR count). The summed E-state index contributed by atoms with van der Waals surface area (Å²) in [6.45, 7) is 6.26. The van der Waals surface area contributed by atoms with Crippen LogP contribution in [0.15, 0.2) is 48.5 Å². The number of nitrogens with zero attached hydrogens (tertiary/aromatic N) is 8. The molecule has 3 aromatic carbocycles. The minimum Gasteiger partial charge on any atom is -0.461 e. The van der Waals surface area contributed by atoms with Gasteiger partial charge in [-0.05, 0) is 119 Å². The molecule has 8 aliphatic heterocycles. The number of hydrogen-bond donors (Lipinski definition) is 1. The molecule has 0 radical (unpaired) electrons. The Kier molecular flexibility index (Phi) is 13.4. The molecule has 17 nitrogen and oxygen atoms in total. The third-order valence-corrected chi connectivity index (χ3v) is 17.9. The van der Waals surface area contributed by atoms with Gasteiger partial charge in [-0.1, -0.05) is 30.2 Å². The van der Waals surface area contributed by atoms with Gasteiger partial charge < -0.3 is 38.5 Å². The number of terminal acetylenes is 1. The summed E-state index contributed by atoms with van der Waals surface area (Å²) in [5, 5.41) is 4.01. The third kappa shape index (κ3) is 9.12. The number of carbonyl (C=O) groups is 4. The molecule has 10 heterocycles. The smallest absolute Gasteiger partial charge is 0.409 e. The Morgan fingerprint density at radius 1 is 0.846 bits per heavy atom. The molecule has 0 saturated carbocycles. The molecule has 0 aliphatic carbocycles. The van der Waals surface area contributed by atoms with E-state index >= 15 is 8.78 Å². The van der Waals surface area contributed by atoms with Crippen molar-refractivity contribution >= 4 is 57.0 Å². The molecule has 2 aromatic heterocycles. The second kappa shape index (κ2) is 20.7. The van der Waals surface area contributed by atoms with Crippen LogP contribution in [-0.4, -0.2) is 155 Å². The molecule has 1 unspecified atom stereocenters. The van der Waals surface area contributed by atoms with Crippen LogP contribution in [-0.2, 0) is 36.8 Å². The average molecular weight is 1060 g/mol. The highest BCUT2D eigenvalue weighted by molar-refractivity contribution is 6.06. The van der Waals surface area contributed by atoms with Gasteiger partial charge in [0, 0.05) is 80.5 Å². The number of piperidine rings is 3. The second-order valence-electron chi connectivity index (χ2n) is 22.4. The summed E-state index contributed by atoms with van der Waals surface area (Å²) >= 11 is 0.